The van der Waals surface area contributed by atoms with Crippen LogP contribution in [0.3, 0.4) is 0 Å². The number of benzene rings is 2. The Morgan fingerprint density at radius 3 is 2.49 bits per heavy atom. The first-order chi connectivity index (χ1) is 23.4. The first-order valence-electron chi connectivity index (χ1n) is 16.4. The summed E-state index contributed by atoms with van der Waals surface area (Å²) in [5.41, 5.74) is 14.7. The van der Waals surface area contributed by atoms with Crippen LogP contribution in [0, 0.1) is 24.6 Å². The average molecular weight is 669 g/mol. The van der Waals surface area contributed by atoms with E-state index >= 15 is 4.39 Å². The molecular formula is C37H37FN4O7. The summed E-state index contributed by atoms with van der Waals surface area (Å²) in [5.74, 6) is -2.58. The van der Waals surface area contributed by atoms with E-state index in [0.29, 0.717) is 35.3 Å². The molecule has 2 aliphatic heterocycles. The number of hydrogen-bond donors (Lipinski definition) is 2. The van der Waals surface area contributed by atoms with E-state index in [1.807, 2.05) is 30.3 Å². The van der Waals surface area contributed by atoms with Crippen molar-refractivity contribution in [1.29, 1.82) is 0 Å². The molecule has 1 amide bonds. The summed E-state index contributed by atoms with van der Waals surface area (Å²) in [6.07, 6.45) is -0.800. The molecular weight excluding hydrogens is 631 g/mol. The summed E-state index contributed by atoms with van der Waals surface area (Å²) in [7, 11) is 0. The minimum absolute atomic E-state index is 0.00218. The quantitative estimate of drug-likeness (QED) is 0.186. The minimum Gasteiger partial charge on any atom is -0.457 e. The van der Waals surface area contributed by atoms with E-state index in [2.05, 4.69) is 0 Å². The molecule has 4 atom stereocenters. The second-order valence-electron chi connectivity index (χ2n) is 13.5. The van der Waals surface area contributed by atoms with Gasteiger partial charge in [-0.3, -0.25) is 9.59 Å². The predicted molar refractivity (Wildman–Crippen MR) is 177 cm³/mol. The SMILES string of the molecule is CC[C@@]1(OC(=O)[C@@H](N)C(C)C)C(=O)OCc2c1cc1n(c2=O)Cc2c-1nc1cc(F)c(C)c3c1c2CC(C(OC(N)=O)c1ccccc1)C3. The highest BCUT2D eigenvalue weighted by atomic mass is 19.1. The number of nitrogens with zero attached hydrogens (tertiary/aromatic N) is 2. The van der Waals surface area contributed by atoms with Crippen molar-refractivity contribution in [3.63, 3.8) is 0 Å². The van der Waals surface area contributed by atoms with Crippen LogP contribution in [0.1, 0.15) is 72.2 Å². The van der Waals surface area contributed by atoms with Gasteiger partial charge >= 0.3 is 18.0 Å². The molecule has 0 radical (unpaired) electrons. The zero-order valence-corrected chi connectivity index (χ0v) is 27.7. The molecule has 4 N–H and O–H groups in total. The Kier molecular flexibility index (Phi) is 7.81. The fourth-order valence-electron chi connectivity index (χ4n) is 7.65. The van der Waals surface area contributed by atoms with Gasteiger partial charge in [0.1, 0.15) is 24.6 Å². The lowest BCUT2D eigenvalue weighted by Crippen LogP contribution is -2.50. The lowest BCUT2D eigenvalue weighted by molar-refractivity contribution is -0.190. The number of pyridine rings is 2. The molecule has 2 aromatic carbocycles. The summed E-state index contributed by atoms with van der Waals surface area (Å²) in [4.78, 5) is 57.9. The van der Waals surface area contributed by atoms with Crippen LogP contribution in [0.5, 0.6) is 0 Å². The topological polar surface area (TPSA) is 166 Å². The number of amides is 1. The van der Waals surface area contributed by atoms with E-state index in [4.69, 9.17) is 30.7 Å². The molecule has 0 saturated carbocycles. The number of cyclic esters (lactones) is 1. The van der Waals surface area contributed by atoms with Crippen molar-refractivity contribution in [3.8, 4) is 11.4 Å². The summed E-state index contributed by atoms with van der Waals surface area (Å²) in [6.45, 7) is 6.79. The van der Waals surface area contributed by atoms with Crippen molar-refractivity contribution >= 4 is 28.9 Å². The van der Waals surface area contributed by atoms with Crippen LogP contribution in [0.4, 0.5) is 9.18 Å². The van der Waals surface area contributed by atoms with Gasteiger partial charge in [-0.15, -0.1) is 0 Å². The van der Waals surface area contributed by atoms with Gasteiger partial charge in [-0.2, -0.15) is 0 Å². The summed E-state index contributed by atoms with van der Waals surface area (Å²) < 4.78 is 34.2. The molecule has 4 heterocycles. The predicted octanol–water partition coefficient (Wildman–Crippen LogP) is 4.61. The molecule has 0 spiro atoms. The average Bonchev–Trinajstić information content (AvgIpc) is 3.46. The van der Waals surface area contributed by atoms with Crippen LogP contribution < -0.4 is 17.0 Å². The third-order valence-electron chi connectivity index (χ3n) is 10.4. The Morgan fingerprint density at radius 2 is 1.82 bits per heavy atom. The summed E-state index contributed by atoms with van der Waals surface area (Å²) >= 11 is 0. The van der Waals surface area contributed by atoms with E-state index in [1.54, 1.807) is 38.3 Å². The molecule has 0 bridgehead atoms. The number of aromatic nitrogens is 2. The number of carbonyl (C=O) groups is 3. The molecule has 254 valence electrons. The smallest absolute Gasteiger partial charge is 0.405 e. The van der Waals surface area contributed by atoms with Gasteiger partial charge in [0.2, 0.25) is 5.60 Å². The highest BCUT2D eigenvalue weighted by Crippen LogP contribution is 2.47. The van der Waals surface area contributed by atoms with E-state index in [9.17, 15) is 19.2 Å². The molecule has 7 rings (SSSR count). The van der Waals surface area contributed by atoms with E-state index in [1.165, 1.54) is 6.07 Å². The number of ether oxygens (including phenoxy) is 3. The monoisotopic (exact) mass is 668 g/mol. The Labute approximate surface area is 281 Å². The maximum absolute atomic E-state index is 15.6. The molecule has 2 aromatic heterocycles. The van der Waals surface area contributed by atoms with Gasteiger partial charge in [-0.1, -0.05) is 51.1 Å². The number of esters is 2. The normalized spacial score (nSPS) is 20.2. The lowest BCUT2D eigenvalue weighted by atomic mass is 9.75. The second-order valence-corrected chi connectivity index (χ2v) is 13.5. The number of halogens is 1. The van der Waals surface area contributed by atoms with Gasteiger partial charge < -0.3 is 30.2 Å². The standard InChI is InChI=1S/C37H37FN4O7/c1-5-37(49-34(44)30(39)17(2)3)25-13-28-31-23(15-42(28)33(43)24(25)16-47-35(37)45)22-12-20(32(48-36(40)46)19-9-7-6-8-10-19)11-21-18(4)26(38)14-27(41-31)29(21)22/h6-10,13-14,17,20,30,32H,5,11-12,15-16,39H2,1-4H3,(H2,40,46)/t20?,30-,32?,37-/m0/s1. The summed E-state index contributed by atoms with van der Waals surface area (Å²) in [6, 6.07) is 11.3. The van der Waals surface area contributed by atoms with Crippen LogP contribution in [-0.4, -0.2) is 33.6 Å². The Bertz CT molecular complexity index is 2130. The maximum Gasteiger partial charge on any atom is 0.405 e. The number of rotatable bonds is 7. The molecule has 12 heteroatoms. The Morgan fingerprint density at radius 1 is 1.10 bits per heavy atom. The van der Waals surface area contributed by atoms with E-state index < -0.39 is 47.2 Å². The number of primary amides is 1. The van der Waals surface area contributed by atoms with Crippen LogP contribution in [0.2, 0.25) is 0 Å². The first kappa shape index (κ1) is 32.4. The Hall–Kier alpha value is -5.10. The third kappa shape index (κ3) is 4.99. The second kappa shape index (κ2) is 11.8. The largest absolute Gasteiger partial charge is 0.457 e. The molecule has 0 saturated heterocycles. The van der Waals surface area contributed by atoms with Gasteiger partial charge in [-0.25, -0.2) is 19.0 Å². The van der Waals surface area contributed by atoms with Gasteiger partial charge in [0, 0.05) is 28.5 Å². The van der Waals surface area contributed by atoms with Gasteiger partial charge in [0.15, 0.2) is 0 Å². The number of nitrogens with two attached hydrogens (primary N) is 2. The highest BCUT2D eigenvalue weighted by molar-refractivity contribution is 5.93. The molecule has 11 nitrogen and oxygen atoms in total. The molecule has 3 aliphatic rings. The van der Waals surface area contributed by atoms with E-state index in [0.717, 1.165) is 27.6 Å². The molecule has 49 heavy (non-hydrogen) atoms. The molecule has 0 fully saturated rings. The third-order valence-corrected chi connectivity index (χ3v) is 10.4. The zero-order chi connectivity index (χ0) is 34.9. The molecule has 2 unspecified atom stereocenters. The fourth-order valence-corrected chi connectivity index (χ4v) is 7.65. The van der Waals surface area contributed by atoms with Crippen LogP contribution in [0.25, 0.3) is 22.3 Å². The minimum atomic E-state index is -1.89. The van der Waals surface area contributed by atoms with Crippen molar-refractivity contribution in [3.05, 3.63) is 97.6 Å². The molecule has 1 aliphatic carbocycles. The van der Waals surface area contributed by atoms with Crippen molar-refractivity contribution in [2.75, 3.05) is 0 Å². The number of fused-ring (bicyclic) bond motifs is 5. The van der Waals surface area contributed by atoms with Gasteiger partial charge in [0.05, 0.1) is 29.0 Å². The fraction of sp³-hybridized carbons (Fsp3) is 0.378. The lowest BCUT2D eigenvalue weighted by Gasteiger charge is -2.36. The van der Waals surface area contributed by atoms with Crippen molar-refractivity contribution in [1.82, 2.24) is 9.55 Å². The van der Waals surface area contributed by atoms with E-state index in [-0.39, 0.29) is 42.5 Å². The van der Waals surface area contributed by atoms with Crippen LogP contribution in [0.15, 0.2) is 47.3 Å². The maximum atomic E-state index is 15.6. The Balaban J connectivity index is 1.42. The summed E-state index contributed by atoms with van der Waals surface area (Å²) in [5, 5.41) is 0.809. The van der Waals surface area contributed by atoms with Crippen LogP contribution in [-0.2, 0) is 55.4 Å². The van der Waals surface area contributed by atoms with Crippen molar-refractivity contribution < 1.29 is 33.0 Å². The van der Waals surface area contributed by atoms with Crippen molar-refractivity contribution in [2.24, 2.45) is 23.3 Å². The highest BCUT2D eigenvalue weighted by Gasteiger charge is 2.51. The first-order valence-corrected chi connectivity index (χ1v) is 16.4. The molecule has 4 aromatic rings. The zero-order valence-electron chi connectivity index (χ0n) is 27.7. The van der Waals surface area contributed by atoms with Gasteiger partial charge in [-0.05, 0) is 60.4 Å². The van der Waals surface area contributed by atoms with Gasteiger partial charge in [0.25, 0.3) is 5.56 Å². The number of carbonyl (C=O) groups excluding carboxylic acids is 3. The number of hydrogen-bond acceptors (Lipinski definition) is 9. The van der Waals surface area contributed by atoms with Crippen LogP contribution >= 0.6 is 0 Å². The van der Waals surface area contributed by atoms with Crippen molar-refractivity contribution in [2.45, 2.75) is 77.9 Å².